The lowest BCUT2D eigenvalue weighted by molar-refractivity contribution is 0.687. The molecule has 0 atom stereocenters. The third-order valence-corrected chi connectivity index (χ3v) is 5.83. The summed E-state index contributed by atoms with van der Waals surface area (Å²) in [6, 6.07) is 10.7. The second kappa shape index (κ2) is 9.09. The van der Waals surface area contributed by atoms with E-state index in [0.29, 0.717) is 12.5 Å². The highest BCUT2D eigenvalue weighted by molar-refractivity contribution is 5.93. The average Bonchev–Trinajstić information content (AvgIpc) is 3.03. The first-order valence-corrected chi connectivity index (χ1v) is 10.7. The van der Waals surface area contributed by atoms with E-state index in [4.69, 9.17) is 5.73 Å². The van der Waals surface area contributed by atoms with Crippen LogP contribution >= 0.6 is 0 Å². The van der Waals surface area contributed by atoms with E-state index in [2.05, 4.69) is 50.5 Å². The van der Waals surface area contributed by atoms with Gasteiger partial charge in [0.05, 0.1) is 6.54 Å². The van der Waals surface area contributed by atoms with E-state index in [1.165, 1.54) is 49.7 Å². The van der Waals surface area contributed by atoms with Gasteiger partial charge in [0.1, 0.15) is 5.82 Å². The zero-order valence-electron chi connectivity index (χ0n) is 16.7. The van der Waals surface area contributed by atoms with Crippen LogP contribution in [0.3, 0.4) is 0 Å². The number of nitrogens with two attached hydrogens (primary N) is 1. The van der Waals surface area contributed by atoms with Crippen molar-refractivity contribution in [2.75, 3.05) is 23.3 Å². The Morgan fingerprint density at radius 3 is 2.61 bits per heavy atom. The van der Waals surface area contributed by atoms with Crippen LogP contribution in [-0.2, 0) is 19.4 Å². The lowest BCUT2D eigenvalue weighted by Crippen LogP contribution is -2.25. The molecular weight excluding hydrogens is 346 g/mol. The second-order valence-electron chi connectivity index (χ2n) is 7.90. The third-order valence-electron chi connectivity index (χ3n) is 5.83. The quantitative estimate of drug-likeness (QED) is 0.617. The van der Waals surface area contributed by atoms with Crippen molar-refractivity contribution >= 4 is 17.5 Å². The van der Waals surface area contributed by atoms with Gasteiger partial charge in [0.2, 0.25) is 0 Å². The number of aryl methyl sites for hydroxylation is 1. The molecule has 4 rings (SSSR count). The Morgan fingerprint density at radius 2 is 1.82 bits per heavy atom. The van der Waals surface area contributed by atoms with Gasteiger partial charge in [0.15, 0.2) is 5.96 Å². The summed E-state index contributed by atoms with van der Waals surface area (Å²) < 4.78 is 0. The smallest absolute Gasteiger partial charge is 0.193 e. The fourth-order valence-electron chi connectivity index (χ4n) is 4.25. The molecule has 0 radical (unpaired) electrons. The van der Waals surface area contributed by atoms with E-state index in [-0.39, 0.29) is 0 Å². The maximum absolute atomic E-state index is 6.16. The molecule has 0 unspecified atom stereocenters. The fourth-order valence-corrected chi connectivity index (χ4v) is 4.25. The summed E-state index contributed by atoms with van der Waals surface area (Å²) in [4.78, 5) is 11.6. The van der Waals surface area contributed by atoms with Gasteiger partial charge in [0, 0.05) is 25.0 Å². The van der Waals surface area contributed by atoms with Crippen LogP contribution in [0.5, 0.6) is 0 Å². The molecule has 28 heavy (non-hydrogen) atoms. The van der Waals surface area contributed by atoms with Crippen molar-refractivity contribution < 1.29 is 0 Å². The lowest BCUT2D eigenvalue weighted by Gasteiger charge is -2.21. The molecule has 2 aliphatic rings. The summed E-state index contributed by atoms with van der Waals surface area (Å²) in [5, 5.41) is 3.31. The molecular formula is C23H31N5. The number of hydrogen-bond acceptors (Lipinski definition) is 3. The van der Waals surface area contributed by atoms with Crippen LogP contribution in [0.2, 0.25) is 0 Å². The van der Waals surface area contributed by atoms with Crippen molar-refractivity contribution in [2.45, 2.75) is 57.9 Å². The molecule has 5 nitrogen and oxygen atoms in total. The fraction of sp³-hybridized carbons (Fsp3) is 0.478. The van der Waals surface area contributed by atoms with Crippen LogP contribution in [0.1, 0.15) is 55.2 Å². The third kappa shape index (κ3) is 4.64. The minimum Gasteiger partial charge on any atom is -0.370 e. The Balaban J connectivity index is 1.37. The van der Waals surface area contributed by atoms with E-state index in [1.807, 2.05) is 6.20 Å². The number of nitrogens with one attached hydrogen (secondary N) is 1. The van der Waals surface area contributed by atoms with Crippen LogP contribution in [0.4, 0.5) is 11.5 Å². The molecule has 1 saturated heterocycles. The molecule has 0 bridgehead atoms. The van der Waals surface area contributed by atoms with Gasteiger partial charge in [-0.15, -0.1) is 0 Å². The van der Waals surface area contributed by atoms with Crippen LogP contribution < -0.4 is 16.0 Å². The van der Waals surface area contributed by atoms with E-state index in [9.17, 15) is 0 Å². The predicted octanol–water partition coefficient (Wildman–Crippen LogP) is 4.27. The number of benzene rings is 1. The number of anilines is 2. The molecule has 1 aliphatic heterocycles. The zero-order chi connectivity index (χ0) is 19.2. The summed E-state index contributed by atoms with van der Waals surface area (Å²) >= 11 is 0. The number of fused-ring (bicyclic) bond motifs is 1. The van der Waals surface area contributed by atoms with Crippen molar-refractivity contribution in [3.63, 3.8) is 0 Å². The van der Waals surface area contributed by atoms with Gasteiger partial charge < -0.3 is 16.0 Å². The standard InChI is InChI=1S/C23H31N5/c24-23(27-21-11-7-9-19-8-3-4-10-20(19)21)26-17-18-12-13-22(25-16-18)28-14-5-1-2-6-15-28/h7,9,11-13,16H,1-6,8,10,14-15,17H2,(H3,24,26,27). The molecule has 2 heterocycles. The molecule has 1 aliphatic carbocycles. The summed E-state index contributed by atoms with van der Waals surface area (Å²) in [6.07, 6.45) is 11.9. The molecule has 2 aromatic rings. The lowest BCUT2D eigenvalue weighted by atomic mass is 9.90. The normalized spacial score (nSPS) is 17.7. The van der Waals surface area contributed by atoms with Gasteiger partial charge in [-0.25, -0.2) is 9.98 Å². The number of pyridine rings is 1. The number of aliphatic imine (C=N–C) groups is 1. The minimum atomic E-state index is 0.468. The number of guanidine groups is 1. The molecule has 148 valence electrons. The molecule has 0 spiro atoms. The highest BCUT2D eigenvalue weighted by atomic mass is 15.2. The van der Waals surface area contributed by atoms with Crippen molar-refractivity contribution in [1.29, 1.82) is 0 Å². The van der Waals surface area contributed by atoms with Gasteiger partial charge in [-0.3, -0.25) is 0 Å². The van der Waals surface area contributed by atoms with E-state index in [0.717, 1.165) is 43.0 Å². The first kappa shape index (κ1) is 18.8. The van der Waals surface area contributed by atoms with Crippen LogP contribution in [0.25, 0.3) is 0 Å². The molecule has 1 fully saturated rings. The summed E-state index contributed by atoms with van der Waals surface area (Å²) in [5.41, 5.74) is 11.2. The Hall–Kier alpha value is -2.56. The Kier molecular flexibility index (Phi) is 6.10. The zero-order valence-corrected chi connectivity index (χ0v) is 16.7. The van der Waals surface area contributed by atoms with E-state index >= 15 is 0 Å². The van der Waals surface area contributed by atoms with Gasteiger partial charge in [-0.2, -0.15) is 0 Å². The van der Waals surface area contributed by atoms with Crippen molar-refractivity contribution in [3.8, 4) is 0 Å². The maximum atomic E-state index is 6.16. The molecule has 1 aromatic carbocycles. The minimum absolute atomic E-state index is 0.468. The highest BCUT2D eigenvalue weighted by Crippen LogP contribution is 2.27. The monoisotopic (exact) mass is 377 g/mol. The van der Waals surface area contributed by atoms with Gasteiger partial charge in [0.25, 0.3) is 0 Å². The van der Waals surface area contributed by atoms with Gasteiger partial charge in [-0.05, 0) is 67.3 Å². The SMILES string of the molecule is NC(=NCc1ccc(N2CCCCCC2)nc1)Nc1cccc2c1CCCC2. The summed E-state index contributed by atoms with van der Waals surface area (Å²) in [5.74, 6) is 1.55. The van der Waals surface area contributed by atoms with Gasteiger partial charge >= 0.3 is 0 Å². The summed E-state index contributed by atoms with van der Waals surface area (Å²) in [6.45, 7) is 2.77. The Bertz CT molecular complexity index is 804. The number of hydrogen-bond donors (Lipinski definition) is 2. The number of aromatic nitrogens is 1. The maximum Gasteiger partial charge on any atom is 0.193 e. The largest absolute Gasteiger partial charge is 0.370 e. The Morgan fingerprint density at radius 1 is 1.00 bits per heavy atom. The Labute approximate surface area is 168 Å². The molecule has 0 amide bonds. The molecule has 1 aromatic heterocycles. The first-order valence-electron chi connectivity index (χ1n) is 10.7. The summed E-state index contributed by atoms with van der Waals surface area (Å²) in [7, 11) is 0. The number of nitrogens with zero attached hydrogens (tertiary/aromatic N) is 3. The molecule has 5 heteroatoms. The van der Waals surface area contributed by atoms with Crippen LogP contribution in [0, 0.1) is 0 Å². The van der Waals surface area contributed by atoms with E-state index < -0.39 is 0 Å². The first-order chi connectivity index (χ1) is 13.8. The number of rotatable bonds is 4. The topological polar surface area (TPSA) is 66.5 Å². The molecule has 0 saturated carbocycles. The van der Waals surface area contributed by atoms with E-state index in [1.54, 1.807) is 0 Å². The highest BCUT2D eigenvalue weighted by Gasteiger charge is 2.13. The van der Waals surface area contributed by atoms with Crippen molar-refractivity contribution in [2.24, 2.45) is 10.7 Å². The van der Waals surface area contributed by atoms with Crippen molar-refractivity contribution in [3.05, 3.63) is 53.2 Å². The average molecular weight is 378 g/mol. The van der Waals surface area contributed by atoms with Gasteiger partial charge in [-0.1, -0.05) is 31.0 Å². The predicted molar refractivity (Wildman–Crippen MR) is 117 cm³/mol. The second-order valence-corrected chi connectivity index (χ2v) is 7.90. The van der Waals surface area contributed by atoms with Crippen molar-refractivity contribution in [1.82, 2.24) is 4.98 Å². The van der Waals surface area contributed by atoms with Crippen LogP contribution in [-0.4, -0.2) is 24.0 Å². The molecule has 3 N–H and O–H groups in total. The van der Waals surface area contributed by atoms with Crippen LogP contribution in [0.15, 0.2) is 41.5 Å².